The van der Waals surface area contributed by atoms with E-state index in [2.05, 4.69) is 5.32 Å². The maximum absolute atomic E-state index is 11.9. The van der Waals surface area contributed by atoms with Crippen LogP contribution in [0.25, 0.3) is 0 Å². The van der Waals surface area contributed by atoms with Gasteiger partial charge in [-0.3, -0.25) is 9.59 Å². The van der Waals surface area contributed by atoms with Crippen LogP contribution >= 0.6 is 0 Å². The first kappa shape index (κ1) is 16.0. The summed E-state index contributed by atoms with van der Waals surface area (Å²) >= 11 is 0. The molecule has 0 bridgehead atoms. The predicted octanol–water partition coefficient (Wildman–Crippen LogP) is 0.863. The van der Waals surface area contributed by atoms with Crippen LogP contribution in [0.2, 0.25) is 0 Å². The van der Waals surface area contributed by atoms with Crippen LogP contribution in [-0.4, -0.2) is 24.5 Å². The molecule has 0 aliphatic heterocycles. The van der Waals surface area contributed by atoms with Crippen molar-refractivity contribution < 1.29 is 14.3 Å². The van der Waals surface area contributed by atoms with Gasteiger partial charge in [-0.05, 0) is 18.1 Å². The monoisotopic (exact) mass is 279 g/mol. The van der Waals surface area contributed by atoms with Gasteiger partial charge in [-0.25, -0.2) is 0 Å². The molecule has 0 unspecified atom stereocenters. The Hall–Kier alpha value is -2.08. The van der Waals surface area contributed by atoms with Gasteiger partial charge < -0.3 is 21.5 Å². The minimum absolute atomic E-state index is 0.0398. The van der Waals surface area contributed by atoms with Gasteiger partial charge in [-0.2, -0.15) is 0 Å². The largest absolute Gasteiger partial charge is 0.491 e. The molecule has 2 amide bonds. The molecule has 110 valence electrons. The van der Waals surface area contributed by atoms with E-state index in [0.29, 0.717) is 11.4 Å². The summed E-state index contributed by atoms with van der Waals surface area (Å²) < 4.78 is 5.43. The van der Waals surface area contributed by atoms with Gasteiger partial charge in [0.2, 0.25) is 11.8 Å². The van der Waals surface area contributed by atoms with Crippen molar-refractivity contribution in [3.05, 3.63) is 24.3 Å². The highest BCUT2D eigenvalue weighted by Crippen LogP contribution is 2.24. The molecular weight excluding hydrogens is 258 g/mol. The summed E-state index contributed by atoms with van der Waals surface area (Å²) in [6, 6.07) is 6.38. The lowest BCUT2D eigenvalue weighted by Gasteiger charge is -2.17. The Labute approximate surface area is 118 Å². The Bertz CT molecular complexity index is 474. The Morgan fingerprint density at radius 2 is 1.95 bits per heavy atom. The first-order valence-electron chi connectivity index (χ1n) is 6.48. The van der Waals surface area contributed by atoms with Gasteiger partial charge in [-0.1, -0.05) is 26.0 Å². The molecule has 1 rings (SSSR count). The van der Waals surface area contributed by atoms with E-state index >= 15 is 0 Å². The van der Waals surface area contributed by atoms with E-state index in [1.807, 2.05) is 13.8 Å². The van der Waals surface area contributed by atoms with Crippen LogP contribution < -0.4 is 21.5 Å². The van der Waals surface area contributed by atoms with Crippen LogP contribution in [0.15, 0.2) is 24.3 Å². The van der Waals surface area contributed by atoms with E-state index in [4.69, 9.17) is 16.2 Å². The molecule has 1 aromatic rings. The number of rotatable bonds is 7. The highest BCUT2D eigenvalue weighted by molar-refractivity contribution is 5.96. The van der Waals surface area contributed by atoms with Crippen molar-refractivity contribution in [2.45, 2.75) is 26.3 Å². The molecule has 1 atom stereocenters. The molecular formula is C14H21N3O3. The zero-order chi connectivity index (χ0) is 15.1. The summed E-state index contributed by atoms with van der Waals surface area (Å²) in [6.45, 7) is 3.91. The third kappa shape index (κ3) is 4.89. The van der Waals surface area contributed by atoms with Gasteiger partial charge in [0.15, 0.2) is 0 Å². The molecule has 20 heavy (non-hydrogen) atoms. The number of carbonyl (C=O) groups excluding carboxylic acids is 2. The lowest BCUT2D eigenvalue weighted by Crippen LogP contribution is -2.39. The summed E-state index contributed by atoms with van der Waals surface area (Å²) in [6.07, 6.45) is 0.119. The number of amides is 2. The molecule has 6 heteroatoms. The lowest BCUT2D eigenvalue weighted by molar-refractivity contribution is -0.119. The SMILES string of the molecule is CC(C)[C@H](N)C(=O)Nc1ccccc1OCCC(N)=O. The Balaban J connectivity index is 2.70. The highest BCUT2D eigenvalue weighted by Gasteiger charge is 2.18. The number of anilines is 1. The van der Waals surface area contributed by atoms with Crippen LogP contribution in [0.1, 0.15) is 20.3 Å². The third-order valence-corrected chi connectivity index (χ3v) is 2.77. The smallest absolute Gasteiger partial charge is 0.241 e. The van der Waals surface area contributed by atoms with Gasteiger partial charge in [0.25, 0.3) is 0 Å². The zero-order valence-corrected chi connectivity index (χ0v) is 11.8. The molecule has 0 aliphatic carbocycles. The molecule has 0 radical (unpaired) electrons. The molecule has 0 aliphatic rings. The fourth-order valence-corrected chi connectivity index (χ4v) is 1.48. The fraction of sp³-hybridized carbons (Fsp3) is 0.429. The van der Waals surface area contributed by atoms with Crippen LogP contribution in [-0.2, 0) is 9.59 Å². The van der Waals surface area contributed by atoms with Crippen LogP contribution in [0, 0.1) is 5.92 Å². The normalized spacial score (nSPS) is 12.0. The van der Waals surface area contributed by atoms with Gasteiger partial charge in [0.05, 0.1) is 24.8 Å². The topological polar surface area (TPSA) is 107 Å². The van der Waals surface area contributed by atoms with E-state index in [-0.39, 0.29) is 24.9 Å². The second-order valence-corrected chi connectivity index (χ2v) is 4.82. The number of nitrogens with one attached hydrogen (secondary N) is 1. The van der Waals surface area contributed by atoms with Crippen molar-refractivity contribution in [3.63, 3.8) is 0 Å². The molecule has 0 fully saturated rings. The fourth-order valence-electron chi connectivity index (χ4n) is 1.48. The molecule has 1 aromatic carbocycles. The van der Waals surface area contributed by atoms with Gasteiger partial charge in [0, 0.05) is 0 Å². The summed E-state index contributed by atoms with van der Waals surface area (Å²) in [5.74, 6) is -0.185. The van der Waals surface area contributed by atoms with Crippen LogP contribution in [0.4, 0.5) is 5.69 Å². The van der Waals surface area contributed by atoms with E-state index in [1.54, 1.807) is 24.3 Å². The van der Waals surface area contributed by atoms with Crippen LogP contribution in [0.5, 0.6) is 5.75 Å². The Morgan fingerprint density at radius 1 is 1.30 bits per heavy atom. The number of benzene rings is 1. The van der Waals surface area contributed by atoms with Crippen molar-refractivity contribution in [2.75, 3.05) is 11.9 Å². The molecule has 0 aromatic heterocycles. The third-order valence-electron chi connectivity index (χ3n) is 2.77. The highest BCUT2D eigenvalue weighted by atomic mass is 16.5. The van der Waals surface area contributed by atoms with Crippen molar-refractivity contribution in [3.8, 4) is 5.75 Å². The first-order valence-corrected chi connectivity index (χ1v) is 6.48. The number of primary amides is 1. The zero-order valence-electron chi connectivity index (χ0n) is 11.8. The molecule has 0 heterocycles. The molecule has 0 spiro atoms. The molecule has 6 nitrogen and oxygen atoms in total. The first-order chi connectivity index (χ1) is 9.41. The van der Waals surface area contributed by atoms with E-state index < -0.39 is 11.9 Å². The minimum atomic E-state index is -0.589. The predicted molar refractivity (Wildman–Crippen MR) is 77.2 cm³/mol. The Morgan fingerprint density at radius 3 is 2.55 bits per heavy atom. The van der Waals surface area contributed by atoms with Gasteiger partial charge in [-0.15, -0.1) is 0 Å². The minimum Gasteiger partial charge on any atom is -0.491 e. The van der Waals surface area contributed by atoms with Crippen molar-refractivity contribution in [2.24, 2.45) is 17.4 Å². The standard InChI is InChI=1S/C14H21N3O3/c1-9(2)13(16)14(19)17-10-5-3-4-6-11(10)20-8-7-12(15)18/h3-6,9,13H,7-8,16H2,1-2H3,(H2,15,18)(H,17,19)/t13-/m0/s1. The quantitative estimate of drug-likeness (QED) is 0.688. The second-order valence-electron chi connectivity index (χ2n) is 4.82. The van der Waals surface area contributed by atoms with Crippen molar-refractivity contribution >= 4 is 17.5 Å². The number of hydrogen-bond donors (Lipinski definition) is 3. The maximum Gasteiger partial charge on any atom is 0.241 e. The number of ether oxygens (including phenoxy) is 1. The average Bonchev–Trinajstić information content (AvgIpc) is 2.39. The van der Waals surface area contributed by atoms with Crippen molar-refractivity contribution in [1.29, 1.82) is 0 Å². The van der Waals surface area contributed by atoms with Crippen LogP contribution in [0.3, 0.4) is 0 Å². The van der Waals surface area contributed by atoms with E-state index in [9.17, 15) is 9.59 Å². The van der Waals surface area contributed by atoms with Gasteiger partial charge in [0.1, 0.15) is 5.75 Å². The number of para-hydroxylation sites is 2. The lowest BCUT2D eigenvalue weighted by atomic mass is 10.0. The van der Waals surface area contributed by atoms with Crippen molar-refractivity contribution in [1.82, 2.24) is 0 Å². The average molecular weight is 279 g/mol. The molecule has 0 saturated heterocycles. The summed E-state index contributed by atoms with van der Waals surface area (Å²) in [7, 11) is 0. The summed E-state index contributed by atoms with van der Waals surface area (Å²) in [5, 5.41) is 2.72. The summed E-state index contributed by atoms with van der Waals surface area (Å²) in [4.78, 5) is 22.6. The second kappa shape index (κ2) is 7.49. The number of hydrogen-bond acceptors (Lipinski definition) is 4. The molecule has 0 saturated carbocycles. The van der Waals surface area contributed by atoms with E-state index in [1.165, 1.54) is 0 Å². The molecule has 5 N–H and O–H groups in total. The maximum atomic E-state index is 11.9. The summed E-state index contributed by atoms with van der Waals surface area (Å²) in [5.41, 5.74) is 11.4. The number of nitrogens with two attached hydrogens (primary N) is 2. The number of carbonyl (C=O) groups is 2. The van der Waals surface area contributed by atoms with E-state index in [0.717, 1.165) is 0 Å². The van der Waals surface area contributed by atoms with Gasteiger partial charge >= 0.3 is 0 Å². The Kier molecular flexibility index (Phi) is 5.99.